The van der Waals surface area contributed by atoms with Crippen molar-refractivity contribution in [3.05, 3.63) is 23.8 Å². The lowest BCUT2D eigenvalue weighted by Crippen LogP contribution is -2.42. The molecule has 0 radical (unpaired) electrons. The highest BCUT2D eigenvalue weighted by Crippen LogP contribution is 2.40. The molecule has 0 fully saturated rings. The molecular formula is C17H26N2O2S. The maximum Gasteiger partial charge on any atom is 0.230 e. The molecule has 0 aliphatic carbocycles. The Morgan fingerprint density at radius 1 is 1.45 bits per heavy atom. The van der Waals surface area contributed by atoms with E-state index in [4.69, 9.17) is 10.5 Å². The van der Waals surface area contributed by atoms with Gasteiger partial charge in [-0.3, -0.25) is 4.79 Å². The molecule has 122 valence electrons. The second-order valence-electron chi connectivity index (χ2n) is 7.38. The number of anilines is 1. The Kier molecular flexibility index (Phi) is 4.66. The Bertz CT molecular complexity index is 564. The van der Waals surface area contributed by atoms with Crippen LogP contribution in [-0.4, -0.2) is 22.0 Å². The Morgan fingerprint density at radius 2 is 2.14 bits per heavy atom. The highest BCUT2D eigenvalue weighted by atomic mass is 32.2. The van der Waals surface area contributed by atoms with Crippen molar-refractivity contribution < 1.29 is 9.53 Å². The van der Waals surface area contributed by atoms with Crippen molar-refractivity contribution in [2.24, 2.45) is 0 Å². The number of nitrogen functional groups attached to an aromatic ring is 1. The van der Waals surface area contributed by atoms with Gasteiger partial charge < -0.3 is 15.8 Å². The van der Waals surface area contributed by atoms with Crippen LogP contribution in [-0.2, 0) is 4.79 Å². The smallest absolute Gasteiger partial charge is 0.230 e. The third-order valence-electron chi connectivity index (χ3n) is 3.46. The summed E-state index contributed by atoms with van der Waals surface area (Å²) < 4.78 is 6.07. The topological polar surface area (TPSA) is 64.4 Å². The average Bonchev–Trinajstić information content (AvgIpc) is 2.35. The summed E-state index contributed by atoms with van der Waals surface area (Å²) in [5.74, 6) is 1.31. The predicted octanol–water partition coefficient (Wildman–Crippen LogP) is 3.52. The normalized spacial score (nSPS) is 20.0. The molecule has 1 unspecified atom stereocenters. The molecule has 0 saturated heterocycles. The summed E-state index contributed by atoms with van der Waals surface area (Å²) in [5, 5.41) is 3.14. The van der Waals surface area contributed by atoms with Gasteiger partial charge in [-0.25, -0.2) is 0 Å². The van der Waals surface area contributed by atoms with Gasteiger partial charge in [0.15, 0.2) is 0 Å². The fraction of sp³-hybridized carbons (Fsp3) is 0.588. The standard InChI is InChI=1S/C17H26N2O2S/c1-16(2,3)22-10-15(20)19-13-9-17(4,5)21-14-7-6-11(18)8-12(13)14/h6-8,13H,9-10,18H2,1-5H3,(H,19,20). The number of carbonyl (C=O) groups excluding carboxylic acids is 1. The van der Waals surface area contributed by atoms with E-state index >= 15 is 0 Å². The van der Waals surface area contributed by atoms with Crippen LogP contribution in [0.4, 0.5) is 5.69 Å². The first-order chi connectivity index (χ1) is 10.1. The Balaban J connectivity index is 2.13. The largest absolute Gasteiger partial charge is 0.487 e. The maximum absolute atomic E-state index is 12.3. The lowest BCUT2D eigenvalue weighted by molar-refractivity contribution is -0.119. The third-order valence-corrected chi connectivity index (χ3v) is 4.74. The van der Waals surface area contributed by atoms with Crippen LogP contribution in [0.1, 0.15) is 52.6 Å². The number of hydrogen-bond acceptors (Lipinski definition) is 4. The van der Waals surface area contributed by atoms with Crippen LogP contribution in [0.15, 0.2) is 18.2 Å². The van der Waals surface area contributed by atoms with Gasteiger partial charge in [0.1, 0.15) is 11.4 Å². The van der Waals surface area contributed by atoms with Crippen molar-refractivity contribution in [1.82, 2.24) is 5.32 Å². The van der Waals surface area contributed by atoms with Gasteiger partial charge in [0, 0.05) is 22.4 Å². The lowest BCUT2D eigenvalue weighted by atomic mass is 9.89. The van der Waals surface area contributed by atoms with Crippen LogP contribution in [0.3, 0.4) is 0 Å². The van der Waals surface area contributed by atoms with Crippen molar-refractivity contribution in [3.8, 4) is 5.75 Å². The van der Waals surface area contributed by atoms with Crippen LogP contribution in [0.2, 0.25) is 0 Å². The number of thioether (sulfide) groups is 1. The van der Waals surface area contributed by atoms with Crippen LogP contribution in [0, 0.1) is 0 Å². The molecule has 4 nitrogen and oxygen atoms in total. The zero-order valence-electron chi connectivity index (χ0n) is 14.0. The third kappa shape index (κ3) is 4.57. The van der Waals surface area contributed by atoms with Crippen molar-refractivity contribution in [1.29, 1.82) is 0 Å². The first-order valence-corrected chi connectivity index (χ1v) is 8.56. The van der Waals surface area contributed by atoms with E-state index < -0.39 is 0 Å². The van der Waals surface area contributed by atoms with Gasteiger partial charge in [-0.2, -0.15) is 0 Å². The summed E-state index contributed by atoms with van der Waals surface area (Å²) in [4.78, 5) is 12.3. The number of carbonyl (C=O) groups is 1. The summed E-state index contributed by atoms with van der Waals surface area (Å²) in [6, 6.07) is 5.55. The lowest BCUT2D eigenvalue weighted by Gasteiger charge is -2.38. The minimum absolute atomic E-state index is 0.0519. The highest BCUT2D eigenvalue weighted by Gasteiger charge is 2.34. The molecule has 1 atom stereocenters. The molecule has 0 bridgehead atoms. The van der Waals surface area contributed by atoms with Crippen LogP contribution in [0.25, 0.3) is 0 Å². The van der Waals surface area contributed by atoms with E-state index in [1.54, 1.807) is 11.8 Å². The van der Waals surface area contributed by atoms with Gasteiger partial charge >= 0.3 is 0 Å². The minimum atomic E-state index is -0.307. The van der Waals surface area contributed by atoms with Gasteiger partial charge in [-0.15, -0.1) is 11.8 Å². The van der Waals surface area contributed by atoms with Crippen LogP contribution >= 0.6 is 11.8 Å². The Labute approximate surface area is 137 Å². The average molecular weight is 322 g/mol. The summed E-state index contributed by atoms with van der Waals surface area (Å²) in [7, 11) is 0. The Morgan fingerprint density at radius 3 is 2.77 bits per heavy atom. The molecule has 2 rings (SSSR count). The zero-order chi connectivity index (χ0) is 16.5. The van der Waals surface area contributed by atoms with Gasteiger partial charge in [0.25, 0.3) is 0 Å². The predicted molar refractivity (Wildman–Crippen MR) is 93.3 cm³/mol. The monoisotopic (exact) mass is 322 g/mol. The summed E-state index contributed by atoms with van der Waals surface area (Å²) in [5.41, 5.74) is 7.23. The first-order valence-electron chi connectivity index (χ1n) is 7.57. The van der Waals surface area contributed by atoms with E-state index in [1.807, 2.05) is 32.0 Å². The molecule has 0 aromatic heterocycles. The quantitative estimate of drug-likeness (QED) is 0.836. The summed E-state index contributed by atoms with van der Waals surface area (Å²) in [6.45, 7) is 10.4. The number of fused-ring (bicyclic) bond motifs is 1. The fourth-order valence-electron chi connectivity index (χ4n) is 2.52. The second-order valence-corrected chi connectivity index (χ2v) is 9.19. The number of nitrogens with two attached hydrogens (primary N) is 1. The SMILES string of the molecule is CC1(C)CC(NC(=O)CSC(C)(C)C)c2cc(N)ccc2O1. The fourth-order valence-corrected chi connectivity index (χ4v) is 3.17. The number of benzene rings is 1. The van der Waals surface area contributed by atoms with E-state index in [2.05, 4.69) is 26.1 Å². The maximum atomic E-state index is 12.3. The molecule has 0 saturated carbocycles. The molecule has 5 heteroatoms. The molecular weight excluding hydrogens is 296 g/mol. The first kappa shape index (κ1) is 17.0. The van der Waals surface area contributed by atoms with E-state index in [0.717, 1.165) is 17.7 Å². The van der Waals surface area contributed by atoms with E-state index in [0.29, 0.717) is 11.4 Å². The number of hydrogen-bond donors (Lipinski definition) is 2. The molecule has 1 aliphatic rings. The van der Waals surface area contributed by atoms with Crippen molar-refractivity contribution in [2.45, 2.75) is 57.4 Å². The highest BCUT2D eigenvalue weighted by molar-refractivity contribution is 8.01. The molecule has 1 heterocycles. The molecule has 1 aliphatic heterocycles. The number of rotatable bonds is 3. The molecule has 3 N–H and O–H groups in total. The van der Waals surface area contributed by atoms with Crippen molar-refractivity contribution in [3.63, 3.8) is 0 Å². The number of nitrogens with one attached hydrogen (secondary N) is 1. The van der Waals surface area contributed by atoms with E-state index in [1.165, 1.54) is 0 Å². The minimum Gasteiger partial charge on any atom is -0.487 e. The second kappa shape index (κ2) is 6.03. The van der Waals surface area contributed by atoms with Gasteiger partial charge in [0.2, 0.25) is 5.91 Å². The van der Waals surface area contributed by atoms with Crippen molar-refractivity contribution >= 4 is 23.4 Å². The molecule has 1 aromatic carbocycles. The summed E-state index contributed by atoms with van der Waals surface area (Å²) >= 11 is 1.65. The van der Waals surface area contributed by atoms with Gasteiger partial charge in [0.05, 0.1) is 11.8 Å². The molecule has 1 aromatic rings. The van der Waals surface area contributed by atoms with E-state index in [-0.39, 0.29) is 22.3 Å². The molecule has 1 amide bonds. The molecule has 22 heavy (non-hydrogen) atoms. The zero-order valence-corrected chi connectivity index (χ0v) is 14.8. The molecule has 0 spiro atoms. The van der Waals surface area contributed by atoms with Gasteiger partial charge in [-0.1, -0.05) is 20.8 Å². The Hall–Kier alpha value is -1.36. The summed E-state index contributed by atoms with van der Waals surface area (Å²) in [6.07, 6.45) is 0.732. The van der Waals surface area contributed by atoms with Crippen LogP contribution < -0.4 is 15.8 Å². The van der Waals surface area contributed by atoms with Crippen LogP contribution in [0.5, 0.6) is 5.75 Å². The number of amides is 1. The number of ether oxygens (including phenoxy) is 1. The van der Waals surface area contributed by atoms with Gasteiger partial charge in [-0.05, 0) is 32.0 Å². The van der Waals surface area contributed by atoms with Crippen molar-refractivity contribution in [2.75, 3.05) is 11.5 Å². The van der Waals surface area contributed by atoms with E-state index in [9.17, 15) is 4.79 Å².